The van der Waals surface area contributed by atoms with Gasteiger partial charge in [-0.25, -0.2) is 9.59 Å². The van der Waals surface area contributed by atoms with E-state index in [2.05, 4.69) is 0 Å². The van der Waals surface area contributed by atoms with Crippen LogP contribution in [0.15, 0.2) is 36.4 Å². The van der Waals surface area contributed by atoms with Crippen molar-refractivity contribution < 1.29 is 14.3 Å². The minimum absolute atomic E-state index is 0.124. The summed E-state index contributed by atoms with van der Waals surface area (Å²) in [6.07, 6.45) is 0. The fourth-order valence-corrected chi connectivity index (χ4v) is 1.61. The van der Waals surface area contributed by atoms with Gasteiger partial charge in [0.05, 0.1) is 33.9 Å². The molecular formula is C14H14N4O3. The summed E-state index contributed by atoms with van der Waals surface area (Å²) in [6, 6.07) is 8.41. The monoisotopic (exact) mass is 286 g/mol. The molecule has 0 radical (unpaired) electrons. The molecule has 0 aliphatic carbocycles. The van der Waals surface area contributed by atoms with Gasteiger partial charge in [-0.1, -0.05) is 0 Å². The Morgan fingerprint density at radius 3 is 1.38 bits per heavy atom. The van der Waals surface area contributed by atoms with Crippen molar-refractivity contribution in [3.63, 3.8) is 0 Å². The predicted molar refractivity (Wildman–Crippen MR) is 80.3 cm³/mol. The molecule has 0 fully saturated rings. The molecule has 0 aromatic heterocycles. The number of ether oxygens (including phenoxy) is 1. The van der Waals surface area contributed by atoms with E-state index in [9.17, 15) is 9.59 Å². The number of rotatable bonds is 2. The maximum absolute atomic E-state index is 11.8. The van der Waals surface area contributed by atoms with Gasteiger partial charge in [-0.15, -0.1) is 0 Å². The van der Waals surface area contributed by atoms with Crippen LogP contribution in [0.4, 0.5) is 22.7 Å². The normalized spacial score (nSPS) is 10.1. The van der Waals surface area contributed by atoms with Crippen molar-refractivity contribution in [3.05, 3.63) is 47.5 Å². The summed E-state index contributed by atoms with van der Waals surface area (Å²) in [6.45, 7) is 0. The zero-order chi connectivity index (χ0) is 15.6. The molecule has 0 unspecified atom stereocenters. The first-order chi connectivity index (χ1) is 9.88. The molecule has 2 rings (SSSR count). The highest BCUT2D eigenvalue weighted by molar-refractivity contribution is 6.03. The van der Waals surface area contributed by atoms with Crippen LogP contribution in [0.25, 0.3) is 0 Å². The Bertz CT molecular complexity index is 667. The van der Waals surface area contributed by atoms with Gasteiger partial charge in [0.1, 0.15) is 0 Å². The summed E-state index contributed by atoms with van der Waals surface area (Å²) in [7, 11) is 0. The predicted octanol–water partition coefficient (Wildman–Crippen LogP) is 1.01. The minimum Gasteiger partial charge on any atom is -0.397 e. The van der Waals surface area contributed by atoms with Crippen molar-refractivity contribution in [2.75, 3.05) is 22.9 Å². The highest BCUT2D eigenvalue weighted by atomic mass is 16.6. The van der Waals surface area contributed by atoms with E-state index in [0.29, 0.717) is 11.4 Å². The SMILES string of the molecule is Nc1ccc(C(=O)OC(=O)c2ccc(N)c(N)c2)cc1N. The zero-order valence-electron chi connectivity index (χ0n) is 11.0. The Labute approximate surface area is 120 Å². The standard InChI is InChI=1S/C14H14N4O3/c15-9-3-1-7(5-11(9)17)13(19)21-14(20)8-2-4-10(16)12(18)6-8/h1-6H,15-18H2. The summed E-state index contributed by atoms with van der Waals surface area (Å²) >= 11 is 0. The van der Waals surface area contributed by atoms with Gasteiger partial charge >= 0.3 is 11.9 Å². The average Bonchev–Trinajstić information content (AvgIpc) is 2.44. The summed E-state index contributed by atoms with van der Waals surface area (Å²) < 4.78 is 4.74. The summed E-state index contributed by atoms with van der Waals surface area (Å²) in [5, 5.41) is 0. The first-order valence-electron chi connectivity index (χ1n) is 5.95. The van der Waals surface area contributed by atoms with Crippen LogP contribution < -0.4 is 22.9 Å². The Morgan fingerprint density at radius 1 is 0.667 bits per heavy atom. The maximum Gasteiger partial charge on any atom is 0.346 e. The largest absolute Gasteiger partial charge is 0.397 e. The molecule has 2 aromatic carbocycles. The molecule has 8 N–H and O–H groups in total. The number of nitrogens with two attached hydrogens (primary N) is 4. The molecule has 21 heavy (non-hydrogen) atoms. The van der Waals surface area contributed by atoms with Gasteiger partial charge in [0.15, 0.2) is 0 Å². The number of carbonyl (C=O) groups excluding carboxylic acids is 2. The van der Waals surface area contributed by atoms with E-state index in [1.54, 1.807) is 0 Å². The molecule has 0 aliphatic heterocycles. The third kappa shape index (κ3) is 3.03. The zero-order valence-corrected chi connectivity index (χ0v) is 11.0. The molecule has 0 spiro atoms. The Morgan fingerprint density at radius 2 is 1.05 bits per heavy atom. The smallest absolute Gasteiger partial charge is 0.346 e. The van der Waals surface area contributed by atoms with E-state index in [1.807, 2.05) is 0 Å². The maximum atomic E-state index is 11.8. The first kappa shape index (κ1) is 14.2. The van der Waals surface area contributed by atoms with Crippen LogP contribution in [0.1, 0.15) is 20.7 Å². The topological polar surface area (TPSA) is 147 Å². The lowest BCUT2D eigenvalue weighted by atomic mass is 10.1. The number of carbonyl (C=O) groups is 2. The van der Waals surface area contributed by atoms with E-state index in [4.69, 9.17) is 27.7 Å². The molecular weight excluding hydrogens is 272 g/mol. The fourth-order valence-electron chi connectivity index (χ4n) is 1.61. The van der Waals surface area contributed by atoms with Crippen LogP contribution in [0.2, 0.25) is 0 Å². The number of anilines is 4. The highest BCUT2D eigenvalue weighted by Crippen LogP contribution is 2.19. The van der Waals surface area contributed by atoms with Crippen LogP contribution >= 0.6 is 0 Å². The molecule has 0 atom stereocenters. The second-order valence-corrected chi connectivity index (χ2v) is 4.36. The lowest BCUT2D eigenvalue weighted by molar-refractivity contribution is 0.0398. The lowest BCUT2D eigenvalue weighted by Crippen LogP contribution is -2.13. The van der Waals surface area contributed by atoms with Crippen molar-refractivity contribution in [2.24, 2.45) is 0 Å². The van der Waals surface area contributed by atoms with Gasteiger partial charge in [-0.2, -0.15) is 0 Å². The van der Waals surface area contributed by atoms with Gasteiger partial charge < -0.3 is 27.7 Å². The van der Waals surface area contributed by atoms with Crippen molar-refractivity contribution in [1.29, 1.82) is 0 Å². The van der Waals surface area contributed by atoms with Crippen LogP contribution in [0.5, 0.6) is 0 Å². The van der Waals surface area contributed by atoms with Crippen LogP contribution in [-0.4, -0.2) is 11.9 Å². The summed E-state index contributed by atoms with van der Waals surface area (Å²) in [5.41, 5.74) is 23.6. The van der Waals surface area contributed by atoms with Crippen molar-refractivity contribution in [2.45, 2.75) is 0 Å². The third-order valence-corrected chi connectivity index (χ3v) is 2.83. The van der Waals surface area contributed by atoms with Crippen molar-refractivity contribution in [3.8, 4) is 0 Å². The molecule has 2 aromatic rings. The number of benzene rings is 2. The Hall–Kier alpha value is -3.22. The van der Waals surface area contributed by atoms with Gasteiger partial charge in [0.25, 0.3) is 0 Å². The average molecular weight is 286 g/mol. The van der Waals surface area contributed by atoms with E-state index in [0.717, 1.165) is 0 Å². The molecule has 108 valence electrons. The van der Waals surface area contributed by atoms with Gasteiger partial charge in [0, 0.05) is 0 Å². The van der Waals surface area contributed by atoms with Gasteiger partial charge in [-0.05, 0) is 36.4 Å². The second-order valence-electron chi connectivity index (χ2n) is 4.36. The third-order valence-electron chi connectivity index (χ3n) is 2.83. The minimum atomic E-state index is -0.831. The van der Waals surface area contributed by atoms with Gasteiger partial charge in [-0.3, -0.25) is 0 Å². The van der Waals surface area contributed by atoms with Crippen molar-refractivity contribution >= 4 is 34.7 Å². The fraction of sp³-hybridized carbons (Fsp3) is 0. The molecule has 0 saturated carbocycles. The summed E-state index contributed by atoms with van der Waals surface area (Å²) in [4.78, 5) is 23.7. The first-order valence-corrected chi connectivity index (χ1v) is 5.95. The van der Waals surface area contributed by atoms with Crippen molar-refractivity contribution in [1.82, 2.24) is 0 Å². The lowest BCUT2D eigenvalue weighted by Gasteiger charge is -2.06. The van der Waals surface area contributed by atoms with Crippen LogP contribution in [0, 0.1) is 0 Å². The number of esters is 2. The number of hydrogen-bond donors (Lipinski definition) is 4. The quantitative estimate of drug-likeness (QED) is 0.366. The Balaban J connectivity index is 2.16. The van der Waals surface area contributed by atoms with Crippen LogP contribution in [0.3, 0.4) is 0 Å². The molecule has 7 heteroatoms. The summed E-state index contributed by atoms with van der Waals surface area (Å²) in [5.74, 6) is -1.66. The molecule has 0 saturated heterocycles. The molecule has 0 aliphatic rings. The number of nitrogen functional groups attached to an aromatic ring is 4. The van der Waals surface area contributed by atoms with Crippen LogP contribution in [-0.2, 0) is 4.74 Å². The molecule has 0 bridgehead atoms. The van der Waals surface area contributed by atoms with E-state index in [-0.39, 0.29) is 22.5 Å². The molecule has 0 heterocycles. The number of hydrogen-bond acceptors (Lipinski definition) is 7. The van der Waals surface area contributed by atoms with E-state index in [1.165, 1.54) is 36.4 Å². The van der Waals surface area contributed by atoms with E-state index < -0.39 is 11.9 Å². The molecule has 0 amide bonds. The van der Waals surface area contributed by atoms with Gasteiger partial charge in [0.2, 0.25) is 0 Å². The van der Waals surface area contributed by atoms with E-state index >= 15 is 0 Å². The Kier molecular flexibility index (Phi) is 3.66. The second kappa shape index (κ2) is 5.41. The highest BCUT2D eigenvalue weighted by Gasteiger charge is 2.16. The molecule has 7 nitrogen and oxygen atoms in total.